The number of nitrogens with zero attached hydrogens (tertiary/aromatic N) is 4. The number of anilines is 1. The molecule has 3 aliphatic rings. The average Bonchev–Trinajstić information content (AvgIpc) is 2.89. The Morgan fingerprint density at radius 3 is 2.55 bits per heavy atom. The number of hydrogen-bond donors (Lipinski definition) is 2. The second-order valence-corrected chi connectivity index (χ2v) is 9.55. The molecular formula is C26H36N6O. The van der Waals surface area contributed by atoms with E-state index in [1.165, 1.54) is 6.42 Å². The minimum absolute atomic E-state index is 0.207. The van der Waals surface area contributed by atoms with Gasteiger partial charge in [-0.2, -0.15) is 0 Å². The first-order valence-corrected chi connectivity index (χ1v) is 12.6. The van der Waals surface area contributed by atoms with Gasteiger partial charge in [0.05, 0.1) is 12.2 Å². The Morgan fingerprint density at radius 2 is 1.82 bits per heavy atom. The summed E-state index contributed by atoms with van der Waals surface area (Å²) in [5.41, 5.74) is 3.29. The van der Waals surface area contributed by atoms with Gasteiger partial charge in [0.2, 0.25) is 5.91 Å². The molecular weight excluding hydrogens is 412 g/mol. The van der Waals surface area contributed by atoms with Gasteiger partial charge in [-0.15, -0.1) is 0 Å². The fraction of sp³-hybridized carbons (Fsp3) is 0.577. The van der Waals surface area contributed by atoms with Crippen LogP contribution in [0.3, 0.4) is 0 Å². The lowest BCUT2D eigenvalue weighted by Gasteiger charge is -2.38. The van der Waals surface area contributed by atoms with E-state index < -0.39 is 0 Å². The van der Waals surface area contributed by atoms with Crippen molar-refractivity contribution >= 4 is 11.7 Å². The normalized spacial score (nSPS) is 20.8. The van der Waals surface area contributed by atoms with Crippen molar-refractivity contribution in [3.63, 3.8) is 0 Å². The first-order chi connectivity index (χ1) is 16.2. The third kappa shape index (κ3) is 4.75. The Hall–Kier alpha value is -2.51. The second kappa shape index (κ2) is 10.2. The van der Waals surface area contributed by atoms with Gasteiger partial charge in [-0.05, 0) is 57.4 Å². The summed E-state index contributed by atoms with van der Waals surface area (Å²) in [5.74, 6) is 2.48. The van der Waals surface area contributed by atoms with E-state index in [4.69, 9.17) is 9.97 Å². The van der Waals surface area contributed by atoms with Crippen LogP contribution in [0.2, 0.25) is 0 Å². The third-order valence-corrected chi connectivity index (χ3v) is 7.44. The van der Waals surface area contributed by atoms with Gasteiger partial charge in [0.25, 0.3) is 0 Å². The molecule has 1 aromatic carbocycles. The number of aromatic nitrogens is 2. The van der Waals surface area contributed by atoms with E-state index in [0.717, 1.165) is 93.3 Å². The predicted molar refractivity (Wildman–Crippen MR) is 130 cm³/mol. The number of carbonyl (C=O) groups excluding carboxylic acids is 1. The highest BCUT2D eigenvalue weighted by molar-refractivity contribution is 5.83. The van der Waals surface area contributed by atoms with Crippen LogP contribution in [0.5, 0.6) is 0 Å². The number of fused-ring (bicyclic) bond motifs is 1. The van der Waals surface area contributed by atoms with Gasteiger partial charge in [0, 0.05) is 31.5 Å². The minimum atomic E-state index is -0.207. The van der Waals surface area contributed by atoms with Crippen LogP contribution in [0.15, 0.2) is 30.3 Å². The van der Waals surface area contributed by atoms with E-state index in [1.807, 2.05) is 30.1 Å². The summed E-state index contributed by atoms with van der Waals surface area (Å²) in [7, 11) is 1.93. The standard InChI is InChI=1S/C26H36N6O/c1-27-25-21-18-32(17-12-22(21)29-24(30-25)20-10-13-28-14-11-20)26(33)23(19-8-4-2-5-9-19)31-15-6-3-7-16-31/h2,4-5,8-9,20,23,28H,3,6-7,10-18H2,1H3,(H,27,29,30). The Balaban J connectivity index is 1.40. The van der Waals surface area contributed by atoms with Crippen LogP contribution in [0.4, 0.5) is 5.82 Å². The quantitative estimate of drug-likeness (QED) is 0.732. The van der Waals surface area contributed by atoms with E-state index >= 15 is 0 Å². The third-order valence-electron chi connectivity index (χ3n) is 7.44. The molecule has 33 heavy (non-hydrogen) atoms. The van der Waals surface area contributed by atoms with Crippen molar-refractivity contribution in [3.8, 4) is 0 Å². The molecule has 2 fully saturated rings. The van der Waals surface area contributed by atoms with E-state index in [-0.39, 0.29) is 11.9 Å². The molecule has 7 heteroatoms. The van der Waals surface area contributed by atoms with Gasteiger partial charge < -0.3 is 15.5 Å². The highest BCUT2D eigenvalue weighted by Crippen LogP contribution is 2.32. The number of carbonyl (C=O) groups is 1. The number of likely N-dealkylation sites (tertiary alicyclic amines) is 1. The first-order valence-electron chi connectivity index (χ1n) is 12.6. The number of rotatable bonds is 5. The van der Waals surface area contributed by atoms with E-state index in [1.54, 1.807) is 0 Å². The molecule has 1 amide bonds. The number of piperidine rings is 2. The number of hydrogen-bond acceptors (Lipinski definition) is 6. The lowest BCUT2D eigenvalue weighted by Crippen LogP contribution is -2.46. The molecule has 2 saturated heterocycles. The molecule has 1 unspecified atom stereocenters. The molecule has 3 aliphatic heterocycles. The summed E-state index contributed by atoms with van der Waals surface area (Å²) in [6, 6.07) is 10.1. The number of amides is 1. The Labute approximate surface area is 197 Å². The summed E-state index contributed by atoms with van der Waals surface area (Å²) in [6.45, 7) is 5.32. The van der Waals surface area contributed by atoms with Gasteiger partial charge in [-0.1, -0.05) is 36.8 Å². The number of nitrogens with one attached hydrogen (secondary N) is 2. The largest absolute Gasteiger partial charge is 0.373 e. The minimum Gasteiger partial charge on any atom is -0.373 e. The molecule has 0 saturated carbocycles. The lowest BCUT2D eigenvalue weighted by molar-refractivity contribution is -0.138. The summed E-state index contributed by atoms with van der Waals surface area (Å²) in [6.07, 6.45) is 6.54. The van der Waals surface area contributed by atoms with Gasteiger partial charge in [-0.3, -0.25) is 9.69 Å². The SMILES string of the molecule is CNc1nc(C2CCNCC2)nc2c1CN(C(=O)C(c1ccccc1)N1CCCCC1)CC2. The zero-order chi connectivity index (χ0) is 22.6. The maximum atomic E-state index is 13.9. The summed E-state index contributed by atoms with van der Waals surface area (Å²) in [4.78, 5) is 28.3. The Bertz CT molecular complexity index is 936. The van der Waals surface area contributed by atoms with Crippen LogP contribution < -0.4 is 10.6 Å². The van der Waals surface area contributed by atoms with E-state index in [2.05, 4.69) is 27.7 Å². The monoisotopic (exact) mass is 448 g/mol. The smallest absolute Gasteiger partial charge is 0.244 e. The van der Waals surface area contributed by atoms with Crippen LogP contribution in [-0.4, -0.2) is 65.4 Å². The van der Waals surface area contributed by atoms with Crippen molar-refractivity contribution in [1.29, 1.82) is 0 Å². The van der Waals surface area contributed by atoms with Gasteiger partial charge >= 0.3 is 0 Å². The van der Waals surface area contributed by atoms with Crippen LogP contribution in [0, 0.1) is 0 Å². The summed E-state index contributed by atoms with van der Waals surface area (Å²) in [5, 5.41) is 6.73. The molecule has 1 aromatic heterocycles. The van der Waals surface area contributed by atoms with Crippen molar-refractivity contribution in [3.05, 3.63) is 53.0 Å². The van der Waals surface area contributed by atoms with Crippen molar-refractivity contribution in [2.45, 2.75) is 57.0 Å². The summed E-state index contributed by atoms with van der Waals surface area (Å²) < 4.78 is 0. The number of benzene rings is 1. The Morgan fingerprint density at radius 1 is 1.06 bits per heavy atom. The van der Waals surface area contributed by atoms with Crippen LogP contribution in [-0.2, 0) is 17.8 Å². The fourth-order valence-corrected chi connectivity index (χ4v) is 5.59. The van der Waals surface area contributed by atoms with Gasteiger partial charge in [0.1, 0.15) is 17.7 Å². The van der Waals surface area contributed by atoms with Crippen molar-refractivity contribution in [2.75, 3.05) is 45.1 Å². The molecule has 2 N–H and O–H groups in total. The average molecular weight is 449 g/mol. The van der Waals surface area contributed by atoms with Gasteiger partial charge in [-0.25, -0.2) is 9.97 Å². The molecule has 0 radical (unpaired) electrons. The van der Waals surface area contributed by atoms with Crippen molar-refractivity contribution in [1.82, 2.24) is 25.1 Å². The zero-order valence-electron chi connectivity index (χ0n) is 19.7. The maximum Gasteiger partial charge on any atom is 0.244 e. The van der Waals surface area contributed by atoms with Crippen LogP contribution in [0.1, 0.15) is 66.7 Å². The lowest BCUT2D eigenvalue weighted by atomic mass is 9.95. The molecule has 176 valence electrons. The van der Waals surface area contributed by atoms with Crippen LogP contribution in [0.25, 0.3) is 0 Å². The van der Waals surface area contributed by atoms with Crippen molar-refractivity contribution < 1.29 is 4.79 Å². The molecule has 0 bridgehead atoms. The molecule has 2 aromatic rings. The van der Waals surface area contributed by atoms with Crippen molar-refractivity contribution in [2.24, 2.45) is 0 Å². The van der Waals surface area contributed by atoms with Crippen LogP contribution >= 0.6 is 0 Å². The second-order valence-electron chi connectivity index (χ2n) is 9.55. The van der Waals surface area contributed by atoms with E-state index in [0.29, 0.717) is 12.5 Å². The maximum absolute atomic E-state index is 13.9. The molecule has 1 atom stereocenters. The molecule has 4 heterocycles. The topological polar surface area (TPSA) is 73.4 Å². The highest BCUT2D eigenvalue weighted by Gasteiger charge is 2.35. The molecule has 7 nitrogen and oxygen atoms in total. The van der Waals surface area contributed by atoms with E-state index in [9.17, 15) is 4.79 Å². The fourth-order valence-electron chi connectivity index (χ4n) is 5.59. The molecule has 0 spiro atoms. The molecule has 0 aliphatic carbocycles. The molecule has 5 rings (SSSR count). The summed E-state index contributed by atoms with van der Waals surface area (Å²) >= 11 is 0. The zero-order valence-corrected chi connectivity index (χ0v) is 19.7. The van der Waals surface area contributed by atoms with Gasteiger partial charge in [0.15, 0.2) is 0 Å². The predicted octanol–water partition coefficient (Wildman–Crippen LogP) is 3.10. The first kappa shape index (κ1) is 22.3. The Kier molecular flexibility index (Phi) is 6.88. The highest BCUT2D eigenvalue weighted by atomic mass is 16.2.